The number of nitrogens with one attached hydrogen (secondary N) is 1. The summed E-state index contributed by atoms with van der Waals surface area (Å²) >= 11 is 1.44. The lowest BCUT2D eigenvalue weighted by Crippen LogP contribution is -2.24. The van der Waals surface area contributed by atoms with Gasteiger partial charge in [0, 0.05) is 22.4 Å². The van der Waals surface area contributed by atoms with Gasteiger partial charge in [-0.25, -0.2) is 13.1 Å². The van der Waals surface area contributed by atoms with E-state index >= 15 is 0 Å². The molecule has 1 heterocycles. The summed E-state index contributed by atoms with van der Waals surface area (Å²) in [6, 6.07) is 1.81. The van der Waals surface area contributed by atoms with Crippen molar-refractivity contribution in [2.45, 2.75) is 13.5 Å². The third-order valence-electron chi connectivity index (χ3n) is 1.81. The summed E-state index contributed by atoms with van der Waals surface area (Å²) in [5, 5.41) is 10.3. The molecule has 1 aromatic rings. The molecule has 0 aromatic carbocycles. The van der Waals surface area contributed by atoms with E-state index in [2.05, 4.69) is 16.6 Å². The summed E-state index contributed by atoms with van der Waals surface area (Å²) in [6.07, 6.45) is 0. The van der Waals surface area contributed by atoms with Crippen molar-refractivity contribution >= 4 is 21.4 Å². The van der Waals surface area contributed by atoms with Gasteiger partial charge in [-0.3, -0.25) is 0 Å². The van der Waals surface area contributed by atoms with Crippen LogP contribution in [0.15, 0.2) is 11.4 Å². The van der Waals surface area contributed by atoms with Crippen molar-refractivity contribution in [1.29, 1.82) is 0 Å². The molecule has 0 bridgehead atoms. The van der Waals surface area contributed by atoms with Crippen molar-refractivity contribution in [1.82, 2.24) is 4.72 Å². The number of thiophene rings is 1. The fourth-order valence-electron chi connectivity index (χ4n) is 0.964. The van der Waals surface area contributed by atoms with E-state index in [0.29, 0.717) is 6.54 Å². The minimum atomic E-state index is -3.14. The van der Waals surface area contributed by atoms with Crippen LogP contribution in [-0.2, 0) is 16.6 Å². The molecule has 0 fully saturated rings. The van der Waals surface area contributed by atoms with E-state index in [4.69, 9.17) is 5.11 Å². The first-order chi connectivity index (χ1) is 7.57. The molecule has 0 aliphatic carbocycles. The van der Waals surface area contributed by atoms with Gasteiger partial charge in [0.15, 0.2) is 0 Å². The molecule has 0 radical (unpaired) electrons. The monoisotopic (exact) mass is 259 g/mol. The average molecular weight is 259 g/mol. The van der Waals surface area contributed by atoms with E-state index in [9.17, 15) is 8.42 Å². The van der Waals surface area contributed by atoms with E-state index in [1.807, 2.05) is 11.4 Å². The van der Waals surface area contributed by atoms with Gasteiger partial charge in [0.1, 0.15) is 6.61 Å². The molecular weight excluding hydrogens is 246 g/mol. The second-order valence-electron chi connectivity index (χ2n) is 2.99. The van der Waals surface area contributed by atoms with Crippen LogP contribution >= 0.6 is 11.3 Å². The van der Waals surface area contributed by atoms with Gasteiger partial charge >= 0.3 is 0 Å². The summed E-state index contributed by atoms with van der Waals surface area (Å²) in [7, 11) is -3.14. The van der Waals surface area contributed by atoms with Gasteiger partial charge < -0.3 is 5.11 Å². The van der Waals surface area contributed by atoms with Crippen LogP contribution in [-0.4, -0.2) is 25.9 Å². The molecule has 0 saturated heterocycles. The quantitative estimate of drug-likeness (QED) is 0.775. The fraction of sp³-hybridized carbons (Fsp3) is 0.400. The Bertz CT molecular complexity index is 494. The molecule has 88 valence electrons. The normalized spacial score (nSPS) is 10.9. The standard InChI is InChI=1S/C10H13NO3S2/c1-2-16(13,14)11-7-10-6-9(8-15-10)4-3-5-12/h6,8,11-12H,2,5,7H2,1H3. The molecule has 0 aliphatic rings. The highest BCUT2D eigenvalue weighted by molar-refractivity contribution is 7.89. The molecule has 0 unspecified atom stereocenters. The molecule has 0 saturated carbocycles. The molecule has 4 nitrogen and oxygen atoms in total. The zero-order valence-corrected chi connectivity index (χ0v) is 10.5. The lowest BCUT2D eigenvalue weighted by molar-refractivity contribution is 0.350. The first-order valence-corrected chi connectivity index (χ1v) is 7.25. The van der Waals surface area contributed by atoms with Crippen molar-refractivity contribution in [3.8, 4) is 11.8 Å². The Morgan fingerprint density at radius 1 is 1.56 bits per heavy atom. The van der Waals surface area contributed by atoms with E-state index in [0.717, 1.165) is 10.4 Å². The number of aliphatic hydroxyl groups is 1. The van der Waals surface area contributed by atoms with Crippen molar-refractivity contribution < 1.29 is 13.5 Å². The summed E-state index contributed by atoms with van der Waals surface area (Å²) < 4.78 is 24.8. The smallest absolute Gasteiger partial charge is 0.211 e. The van der Waals surface area contributed by atoms with Crippen molar-refractivity contribution in [2.75, 3.05) is 12.4 Å². The molecule has 2 N–H and O–H groups in total. The second kappa shape index (κ2) is 6.01. The molecule has 0 atom stereocenters. The summed E-state index contributed by atoms with van der Waals surface area (Å²) in [5.74, 6) is 5.37. The van der Waals surface area contributed by atoms with Crippen molar-refractivity contribution in [3.05, 3.63) is 21.9 Å². The topological polar surface area (TPSA) is 66.4 Å². The minimum absolute atomic E-state index is 0.0789. The molecule has 16 heavy (non-hydrogen) atoms. The van der Waals surface area contributed by atoms with Crippen LogP contribution in [0, 0.1) is 11.8 Å². The van der Waals surface area contributed by atoms with E-state index in [-0.39, 0.29) is 12.4 Å². The van der Waals surface area contributed by atoms with Crippen LogP contribution in [0.1, 0.15) is 17.4 Å². The fourth-order valence-corrected chi connectivity index (χ4v) is 2.39. The van der Waals surface area contributed by atoms with E-state index in [1.54, 1.807) is 6.92 Å². The lowest BCUT2D eigenvalue weighted by atomic mass is 10.3. The second-order valence-corrected chi connectivity index (χ2v) is 6.08. The maximum absolute atomic E-state index is 11.2. The third kappa shape index (κ3) is 4.33. The summed E-state index contributed by atoms with van der Waals surface area (Å²) in [4.78, 5) is 0.902. The maximum atomic E-state index is 11.2. The Hall–Kier alpha value is -0.870. The van der Waals surface area contributed by atoms with Gasteiger partial charge in [-0.2, -0.15) is 0 Å². The number of hydrogen-bond donors (Lipinski definition) is 2. The van der Waals surface area contributed by atoms with E-state index < -0.39 is 10.0 Å². The van der Waals surface area contributed by atoms with Crippen LogP contribution in [0.4, 0.5) is 0 Å². The Kier molecular flexibility index (Phi) is 4.96. The minimum Gasteiger partial charge on any atom is -0.384 e. The molecule has 0 amide bonds. The van der Waals surface area contributed by atoms with Gasteiger partial charge in [-0.15, -0.1) is 11.3 Å². The predicted octanol–water partition coefficient (Wildman–Crippen LogP) is 0.531. The zero-order chi connectivity index (χ0) is 12.0. The van der Waals surface area contributed by atoms with Gasteiger partial charge in [0.2, 0.25) is 10.0 Å². The Balaban J connectivity index is 2.60. The molecule has 0 aliphatic heterocycles. The van der Waals surface area contributed by atoms with Gasteiger partial charge in [-0.05, 0) is 13.0 Å². The maximum Gasteiger partial charge on any atom is 0.211 e. The van der Waals surface area contributed by atoms with E-state index in [1.165, 1.54) is 11.3 Å². The zero-order valence-electron chi connectivity index (χ0n) is 8.86. The largest absolute Gasteiger partial charge is 0.384 e. The SMILES string of the molecule is CCS(=O)(=O)NCc1cc(C#CCO)cs1. The predicted molar refractivity (Wildman–Crippen MR) is 64.6 cm³/mol. The van der Waals surface area contributed by atoms with Crippen LogP contribution in [0.5, 0.6) is 0 Å². The summed E-state index contributed by atoms with van der Waals surface area (Å²) in [5.41, 5.74) is 0.796. The molecule has 0 spiro atoms. The molecule has 1 aromatic heterocycles. The number of rotatable bonds is 4. The highest BCUT2D eigenvalue weighted by Gasteiger charge is 2.06. The average Bonchev–Trinajstić information content (AvgIpc) is 2.72. The van der Waals surface area contributed by atoms with Crippen molar-refractivity contribution in [3.63, 3.8) is 0 Å². The van der Waals surface area contributed by atoms with Gasteiger partial charge in [0.05, 0.1) is 5.75 Å². The van der Waals surface area contributed by atoms with Crippen LogP contribution < -0.4 is 4.72 Å². The molecule has 1 rings (SSSR count). The highest BCUT2D eigenvalue weighted by atomic mass is 32.2. The number of aliphatic hydroxyl groups excluding tert-OH is 1. The van der Waals surface area contributed by atoms with Gasteiger partial charge in [0.25, 0.3) is 0 Å². The Labute approximate surface area is 99.4 Å². The molecule has 6 heteroatoms. The Morgan fingerprint density at radius 3 is 2.94 bits per heavy atom. The summed E-state index contributed by atoms with van der Waals surface area (Å²) in [6.45, 7) is 1.71. The van der Waals surface area contributed by atoms with Gasteiger partial charge in [-0.1, -0.05) is 11.8 Å². The first kappa shape index (κ1) is 13.2. The molecular formula is C10H13NO3S2. The van der Waals surface area contributed by atoms with Crippen LogP contribution in [0.2, 0.25) is 0 Å². The third-order valence-corrected chi connectivity index (χ3v) is 4.09. The first-order valence-electron chi connectivity index (χ1n) is 4.72. The Morgan fingerprint density at radius 2 is 2.31 bits per heavy atom. The van der Waals surface area contributed by atoms with Crippen molar-refractivity contribution in [2.24, 2.45) is 0 Å². The van der Waals surface area contributed by atoms with Crippen LogP contribution in [0.3, 0.4) is 0 Å². The van der Waals surface area contributed by atoms with Crippen LogP contribution in [0.25, 0.3) is 0 Å². The highest BCUT2D eigenvalue weighted by Crippen LogP contribution is 2.13. The number of hydrogen-bond acceptors (Lipinski definition) is 4. The lowest BCUT2D eigenvalue weighted by Gasteiger charge is -2.01. The number of sulfonamides is 1.